The highest BCUT2D eigenvalue weighted by Crippen LogP contribution is 2.22. The van der Waals surface area contributed by atoms with Crippen molar-refractivity contribution in [3.8, 4) is 0 Å². The van der Waals surface area contributed by atoms with E-state index in [4.69, 9.17) is 32.1 Å². The van der Waals surface area contributed by atoms with Gasteiger partial charge in [0.2, 0.25) is 0 Å². The normalized spacial score (nSPS) is 19.2. The van der Waals surface area contributed by atoms with Crippen LogP contribution in [-0.2, 0) is 59.0 Å². The molecule has 39 heavy (non-hydrogen) atoms. The summed E-state index contributed by atoms with van der Waals surface area (Å²) in [5.41, 5.74) is 0. The fraction of sp³-hybridized carbons (Fsp3) is 0.963. The molecule has 0 bridgehead atoms. The van der Waals surface area contributed by atoms with E-state index in [1.165, 1.54) is 72.0 Å². The minimum Gasteiger partial charge on any atom is -0.471 e. The maximum atomic E-state index is 11.4. The lowest BCUT2D eigenvalue weighted by Crippen LogP contribution is -2.34. The highest BCUT2D eigenvalue weighted by atomic mass is 32.2. The fourth-order valence-corrected chi connectivity index (χ4v) is 5.30. The zero-order chi connectivity index (χ0) is 28.3. The minimum atomic E-state index is -1.39. The molecule has 0 radical (unpaired) electrons. The van der Waals surface area contributed by atoms with Crippen LogP contribution in [0, 0.1) is 0 Å². The van der Waals surface area contributed by atoms with Crippen molar-refractivity contribution >= 4 is 28.6 Å². The second-order valence-electron chi connectivity index (χ2n) is 9.14. The van der Waals surface area contributed by atoms with Crippen molar-refractivity contribution < 1.29 is 45.3 Å². The number of hydrogen-bond donors (Lipinski definition) is 0. The summed E-state index contributed by atoms with van der Waals surface area (Å²) >= 11 is -2.63. The molecule has 0 N–H and O–H groups in total. The summed E-state index contributed by atoms with van der Waals surface area (Å²) in [6.07, 6.45) is 18.7. The van der Waals surface area contributed by atoms with Crippen molar-refractivity contribution in [1.29, 1.82) is 0 Å². The third-order valence-electron chi connectivity index (χ3n) is 5.82. The summed E-state index contributed by atoms with van der Waals surface area (Å²) in [4.78, 5) is 8.95. The van der Waals surface area contributed by atoms with Crippen molar-refractivity contribution in [1.82, 2.24) is 0 Å². The lowest BCUT2D eigenvalue weighted by Gasteiger charge is -2.26. The number of methoxy groups -OCH3 is 2. The van der Waals surface area contributed by atoms with Crippen LogP contribution in [0.15, 0.2) is 0 Å². The molecule has 1 heterocycles. The van der Waals surface area contributed by atoms with Gasteiger partial charge in [-0.15, -0.1) is 0 Å². The Balaban J connectivity index is 0. The molecule has 1 aliphatic heterocycles. The molecule has 2 saturated carbocycles. The Labute approximate surface area is 242 Å². The fourth-order valence-electron chi connectivity index (χ4n) is 3.79. The average molecular weight is 605 g/mol. The second-order valence-corrected chi connectivity index (χ2v) is 11.2. The molecule has 0 aromatic rings. The van der Waals surface area contributed by atoms with Crippen molar-refractivity contribution in [2.45, 2.75) is 136 Å². The van der Waals surface area contributed by atoms with Crippen LogP contribution in [0.25, 0.3) is 0 Å². The SMILES string of the molecule is C.CCCCCCC.COC=O.COCS(=O)OC1CCCCC1.O=S(COC1OCO1)OC1CCCCC1. The molecule has 3 fully saturated rings. The van der Waals surface area contributed by atoms with E-state index in [0.29, 0.717) is 6.47 Å². The number of rotatable bonds is 14. The van der Waals surface area contributed by atoms with Gasteiger partial charge in [-0.05, 0) is 25.7 Å². The lowest BCUT2D eigenvalue weighted by molar-refractivity contribution is -0.416. The third-order valence-corrected chi connectivity index (χ3v) is 7.55. The Kier molecular flexibility index (Phi) is 31.8. The van der Waals surface area contributed by atoms with Gasteiger partial charge < -0.3 is 23.7 Å². The van der Waals surface area contributed by atoms with Crippen LogP contribution >= 0.6 is 0 Å². The Bertz CT molecular complexity index is 563. The van der Waals surface area contributed by atoms with E-state index in [0.717, 1.165) is 38.5 Å². The van der Waals surface area contributed by atoms with Crippen LogP contribution in [0.3, 0.4) is 0 Å². The van der Waals surface area contributed by atoms with E-state index >= 15 is 0 Å². The third kappa shape index (κ3) is 26.2. The average Bonchev–Trinajstić information content (AvgIpc) is 2.90. The van der Waals surface area contributed by atoms with Gasteiger partial charge in [-0.3, -0.25) is 13.2 Å². The first-order chi connectivity index (χ1) is 18.5. The molecular weight excluding hydrogens is 548 g/mol. The van der Waals surface area contributed by atoms with Crippen molar-refractivity contribution in [2.75, 3.05) is 32.9 Å². The first kappa shape index (κ1) is 40.7. The summed E-state index contributed by atoms with van der Waals surface area (Å²) in [5, 5.41) is 0. The molecule has 1 saturated heterocycles. The summed E-state index contributed by atoms with van der Waals surface area (Å²) in [6, 6.07) is 0. The Morgan fingerprint density at radius 3 is 1.51 bits per heavy atom. The standard InChI is InChI=1S/C9H16O5S.C8H16O3S.C7H16.C2H4O2.CH4/c10-15(7-13-9-11-6-12-9)14-8-4-2-1-3-5-8;1-10-7-12(9)11-8-5-3-2-4-6-8;1-3-5-7-6-4-2;1-4-2-3;/h8-9H,1-7H2;8H,2-7H2,1H3;3-7H2,1-2H3;2H,1H3;1H4. The van der Waals surface area contributed by atoms with Crippen LogP contribution in [0.4, 0.5) is 0 Å². The zero-order valence-electron chi connectivity index (χ0n) is 23.9. The van der Waals surface area contributed by atoms with Gasteiger partial charge in [-0.2, -0.15) is 0 Å². The summed E-state index contributed by atoms with van der Waals surface area (Å²) in [7, 11) is 2.84. The molecule has 0 amide bonds. The van der Waals surface area contributed by atoms with Gasteiger partial charge in [-0.1, -0.05) is 91.9 Å². The highest BCUT2D eigenvalue weighted by Gasteiger charge is 2.22. The predicted octanol–water partition coefficient (Wildman–Crippen LogP) is 6.27. The number of ether oxygens (including phenoxy) is 5. The molecule has 0 spiro atoms. The van der Waals surface area contributed by atoms with E-state index in [1.807, 2.05) is 0 Å². The van der Waals surface area contributed by atoms with Crippen LogP contribution in [-0.4, -0.2) is 66.5 Å². The maximum absolute atomic E-state index is 11.4. The van der Waals surface area contributed by atoms with Crippen LogP contribution in [0.5, 0.6) is 0 Å². The van der Waals surface area contributed by atoms with Crippen LogP contribution in [0.1, 0.15) is 118 Å². The lowest BCUT2D eigenvalue weighted by atomic mass is 9.98. The van der Waals surface area contributed by atoms with Gasteiger partial charge >= 0.3 is 0 Å². The Morgan fingerprint density at radius 1 is 0.744 bits per heavy atom. The molecule has 12 heteroatoms. The maximum Gasteiger partial charge on any atom is 0.292 e. The van der Waals surface area contributed by atoms with E-state index in [2.05, 4.69) is 18.6 Å². The molecule has 3 aliphatic rings. The quantitative estimate of drug-likeness (QED) is 0.166. The first-order valence-electron chi connectivity index (χ1n) is 13.9. The van der Waals surface area contributed by atoms with Gasteiger partial charge in [0.05, 0.1) is 19.3 Å². The largest absolute Gasteiger partial charge is 0.471 e. The van der Waals surface area contributed by atoms with E-state index < -0.39 is 28.6 Å². The number of carbonyl (C=O) groups is 1. The van der Waals surface area contributed by atoms with Gasteiger partial charge in [0.1, 0.15) is 5.94 Å². The van der Waals surface area contributed by atoms with E-state index in [1.54, 1.807) is 0 Å². The van der Waals surface area contributed by atoms with E-state index in [9.17, 15) is 8.42 Å². The molecular formula is C27H56O10S2. The van der Waals surface area contributed by atoms with Gasteiger partial charge in [0, 0.05) is 7.11 Å². The van der Waals surface area contributed by atoms with E-state index in [-0.39, 0.29) is 38.3 Å². The topological polar surface area (TPSA) is 116 Å². The molecule has 2 unspecified atom stereocenters. The molecule has 2 atom stereocenters. The van der Waals surface area contributed by atoms with Gasteiger partial charge in [0.25, 0.3) is 12.9 Å². The second kappa shape index (κ2) is 30.5. The summed E-state index contributed by atoms with van der Waals surface area (Å²) in [6.45, 7) is 4.47. The Hall–Kier alpha value is -0.470. The molecule has 2 aliphatic carbocycles. The van der Waals surface area contributed by atoms with Crippen molar-refractivity contribution in [3.63, 3.8) is 0 Å². The predicted molar refractivity (Wildman–Crippen MR) is 155 cm³/mol. The van der Waals surface area contributed by atoms with Crippen molar-refractivity contribution in [3.05, 3.63) is 0 Å². The Morgan fingerprint density at radius 2 is 1.18 bits per heavy atom. The van der Waals surface area contributed by atoms with Crippen LogP contribution < -0.4 is 0 Å². The summed E-state index contributed by atoms with van der Waals surface area (Å²) in [5.74, 6) is 0.206. The highest BCUT2D eigenvalue weighted by molar-refractivity contribution is 7.80. The number of carbonyl (C=O) groups excluding carboxylic acids is 1. The zero-order valence-corrected chi connectivity index (χ0v) is 25.6. The molecule has 0 aromatic carbocycles. The van der Waals surface area contributed by atoms with Crippen LogP contribution in [0.2, 0.25) is 0 Å². The molecule has 0 aromatic heterocycles. The van der Waals surface area contributed by atoms with Gasteiger partial charge in [0.15, 0.2) is 34.9 Å². The minimum absolute atomic E-state index is 0. The van der Waals surface area contributed by atoms with Gasteiger partial charge in [-0.25, -0.2) is 8.42 Å². The monoisotopic (exact) mass is 604 g/mol. The molecule has 236 valence electrons. The van der Waals surface area contributed by atoms with Crippen molar-refractivity contribution in [2.24, 2.45) is 0 Å². The first-order valence-corrected chi connectivity index (χ1v) is 16.4. The summed E-state index contributed by atoms with van der Waals surface area (Å²) < 4.78 is 56.4. The molecule has 3 rings (SSSR count). The number of unbranched alkanes of at least 4 members (excludes halogenated alkanes) is 4. The molecule has 10 nitrogen and oxygen atoms in total. The number of hydrogen-bond acceptors (Lipinski definition) is 10. The smallest absolute Gasteiger partial charge is 0.292 e.